The van der Waals surface area contributed by atoms with Crippen LogP contribution in [0, 0.1) is 5.92 Å². The number of fused-ring (bicyclic) bond motifs is 1. The fourth-order valence-electron chi connectivity index (χ4n) is 3.79. The van der Waals surface area contributed by atoms with E-state index in [9.17, 15) is 4.79 Å². The van der Waals surface area contributed by atoms with Gasteiger partial charge in [0.1, 0.15) is 6.61 Å². The van der Waals surface area contributed by atoms with Crippen LogP contribution in [0.5, 0.6) is 0 Å². The summed E-state index contributed by atoms with van der Waals surface area (Å²) in [6.07, 6.45) is 7.25. The molecule has 1 amide bonds. The Morgan fingerprint density at radius 2 is 2.04 bits per heavy atom. The fraction of sp³-hybridized carbons (Fsp3) is 0.722. The molecule has 1 atom stereocenters. The van der Waals surface area contributed by atoms with Gasteiger partial charge in [-0.2, -0.15) is 0 Å². The molecule has 3 aliphatic rings. The van der Waals surface area contributed by atoms with E-state index < -0.39 is 0 Å². The maximum absolute atomic E-state index is 12.2. The summed E-state index contributed by atoms with van der Waals surface area (Å²) in [5.41, 5.74) is 1.36. The van der Waals surface area contributed by atoms with E-state index in [4.69, 9.17) is 4.74 Å². The average Bonchev–Trinajstić information content (AvgIpc) is 3.05. The van der Waals surface area contributed by atoms with E-state index in [1.54, 1.807) is 0 Å². The first-order chi connectivity index (χ1) is 11.3. The lowest BCUT2D eigenvalue weighted by Crippen LogP contribution is -2.38. The lowest BCUT2D eigenvalue weighted by Gasteiger charge is -2.24. The molecule has 1 aromatic heterocycles. The molecule has 0 bridgehead atoms. The Kier molecular flexibility index (Phi) is 4.40. The summed E-state index contributed by atoms with van der Waals surface area (Å²) >= 11 is 0. The molecule has 3 heterocycles. The molecule has 2 fully saturated rings. The number of hydrogen-bond donors (Lipinski definition) is 0. The van der Waals surface area contributed by atoms with Gasteiger partial charge in [-0.1, -0.05) is 0 Å². The van der Waals surface area contributed by atoms with Gasteiger partial charge in [0.05, 0.1) is 6.10 Å². The van der Waals surface area contributed by atoms with Crippen molar-refractivity contribution in [2.45, 2.75) is 44.9 Å². The summed E-state index contributed by atoms with van der Waals surface area (Å²) in [7, 11) is 0. The molecule has 0 radical (unpaired) electrons. The van der Waals surface area contributed by atoms with Crippen molar-refractivity contribution in [3.8, 4) is 0 Å². The number of carbonyl (C=O) groups is 1. The molecule has 0 unspecified atom stereocenters. The van der Waals surface area contributed by atoms with Crippen LogP contribution in [0.3, 0.4) is 0 Å². The second-order valence-electron chi connectivity index (χ2n) is 7.31. The van der Waals surface area contributed by atoms with Crippen molar-refractivity contribution in [2.24, 2.45) is 5.92 Å². The molecule has 5 heteroatoms. The lowest BCUT2D eigenvalue weighted by molar-refractivity contribution is -0.137. The summed E-state index contributed by atoms with van der Waals surface area (Å²) in [4.78, 5) is 16.7. The van der Waals surface area contributed by atoms with E-state index in [1.165, 1.54) is 25.1 Å². The molecule has 1 saturated heterocycles. The van der Waals surface area contributed by atoms with Crippen LogP contribution in [0.25, 0.3) is 0 Å². The predicted octanol–water partition coefficient (Wildman–Crippen LogP) is 1.72. The average molecular weight is 317 g/mol. The minimum absolute atomic E-state index is 0.106. The third-order valence-corrected chi connectivity index (χ3v) is 5.29. The summed E-state index contributed by atoms with van der Waals surface area (Å²) in [6, 6.07) is 4.32. The summed E-state index contributed by atoms with van der Waals surface area (Å²) in [5, 5.41) is 0. The van der Waals surface area contributed by atoms with Gasteiger partial charge in [-0.25, -0.2) is 0 Å². The smallest absolute Gasteiger partial charge is 0.248 e. The van der Waals surface area contributed by atoms with E-state index >= 15 is 0 Å². The first kappa shape index (κ1) is 15.2. The van der Waals surface area contributed by atoms with Crippen LogP contribution < -0.4 is 0 Å². The summed E-state index contributed by atoms with van der Waals surface area (Å²) in [5.74, 6) is 1.04. The molecule has 5 nitrogen and oxygen atoms in total. The first-order valence-electron chi connectivity index (χ1n) is 9.03. The molecule has 0 spiro atoms. The van der Waals surface area contributed by atoms with Gasteiger partial charge >= 0.3 is 0 Å². The molecular formula is C18H27N3O2. The SMILES string of the molecule is O=C(CO[C@@H]1CN(CC2CC2)Cc2cccn2C1)N1CCCC1. The van der Waals surface area contributed by atoms with Crippen LogP contribution in [0.4, 0.5) is 0 Å². The van der Waals surface area contributed by atoms with Gasteiger partial charge in [0.15, 0.2) is 0 Å². The molecule has 0 aromatic carbocycles. The number of carbonyl (C=O) groups excluding carboxylic acids is 1. The van der Waals surface area contributed by atoms with E-state index in [-0.39, 0.29) is 18.6 Å². The Morgan fingerprint density at radius 3 is 2.83 bits per heavy atom. The van der Waals surface area contributed by atoms with E-state index in [0.717, 1.165) is 51.5 Å². The van der Waals surface area contributed by atoms with Gasteiger partial charge in [-0.05, 0) is 43.7 Å². The number of nitrogens with zero attached hydrogens (tertiary/aromatic N) is 3. The Hall–Kier alpha value is -1.33. The highest BCUT2D eigenvalue weighted by Gasteiger charge is 2.29. The highest BCUT2D eigenvalue weighted by Crippen LogP contribution is 2.31. The molecular weight excluding hydrogens is 290 g/mol. The van der Waals surface area contributed by atoms with Crippen LogP contribution in [-0.4, -0.2) is 59.2 Å². The predicted molar refractivity (Wildman–Crippen MR) is 88.0 cm³/mol. The van der Waals surface area contributed by atoms with Crippen LogP contribution >= 0.6 is 0 Å². The van der Waals surface area contributed by atoms with Crippen molar-refractivity contribution in [3.05, 3.63) is 24.0 Å². The highest BCUT2D eigenvalue weighted by atomic mass is 16.5. The number of likely N-dealkylation sites (tertiary alicyclic amines) is 1. The van der Waals surface area contributed by atoms with Gasteiger partial charge in [0.2, 0.25) is 5.91 Å². The first-order valence-corrected chi connectivity index (χ1v) is 9.03. The molecule has 0 N–H and O–H groups in total. The largest absolute Gasteiger partial charge is 0.365 e. The maximum Gasteiger partial charge on any atom is 0.248 e. The number of ether oxygens (including phenoxy) is 1. The van der Waals surface area contributed by atoms with Crippen molar-refractivity contribution < 1.29 is 9.53 Å². The molecule has 4 rings (SSSR count). The zero-order valence-electron chi connectivity index (χ0n) is 13.8. The zero-order valence-corrected chi connectivity index (χ0v) is 13.8. The maximum atomic E-state index is 12.2. The van der Waals surface area contributed by atoms with Crippen molar-refractivity contribution in [2.75, 3.05) is 32.8 Å². The van der Waals surface area contributed by atoms with E-state index in [0.29, 0.717) is 0 Å². The Morgan fingerprint density at radius 1 is 1.22 bits per heavy atom. The molecule has 1 saturated carbocycles. The fourth-order valence-corrected chi connectivity index (χ4v) is 3.79. The molecule has 126 valence electrons. The quantitative estimate of drug-likeness (QED) is 0.830. The Bertz CT molecular complexity index is 546. The minimum Gasteiger partial charge on any atom is -0.365 e. The third-order valence-electron chi connectivity index (χ3n) is 5.29. The summed E-state index contributed by atoms with van der Waals surface area (Å²) in [6.45, 7) is 6.01. The molecule has 1 aromatic rings. The standard InChI is InChI=1S/C18H27N3O2/c22-18(20-7-1-2-8-20)14-23-17-12-19(10-15-5-6-15)11-16-4-3-9-21(16)13-17/h3-4,9,15,17H,1-2,5-8,10-14H2/t17-/m1/s1. The van der Waals surface area contributed by atoms with Crippen molar-refractivity contribution in [1.82, 2.24) is 14.4 Å². The molecule has 23 heavy (non-hydrogen) atoms. The number of rotatable bonds is 5. The normalized spacial score (nSPS) is 25.4. The van der Waals surface area contributed by atoms with E-state index in [1.807, 2.05) is 4.90 Å². The lowest BCUT2D eigenvalue weighted by atomic mass is 10.3. The second-order valence-corrected chi connectivity index (χ2v) is 7.31. The van der Waals surface area contributed by atoms with Gasteiger partial charge in [0, 0.05) is 51.2 Å². The van der Waals surface area contributed by atoms with Crippen LogP contribution in [-0.2, 0) is 22.6 Å². The van der Waals surface area contributed by atoms with Gasteiger partial charge < -0.3 is 14.2 Å². The van der Waals surface area contributed by atoms with Gasteiger partial charge in [-0.15, -0.1) is 0 Å². The van der Waals surface area contributed by atoms with E-state index in [2.05, 4.69) is 27.8 Å². The van der Waals surface area contributed by atoms with Crippen LogP contribution in [0.1, 0.15) is 31.4 Å². The molecule has 1 aliphatic carbocycles. The van der Waals surface area contributed by atoms with Crippen molar-refractivity contribution in [3.63, 3.8) is 0 Å². The van der Waals surface area contributed by atoms with Crippen LogP contribution in [0.2, 0.25) is 0 Å². The Labute approximate surface area is 138 Å². The summed E-state index contributed by atoms with van der Waals surface area (Å²) < 4.78 is 8.33. The highest BCUT2D eigenvalue weighted by molar-refractivity contribution is 5.77. The van der Waals surface area contributed by atoms with Crippen molar-refractivity contribution in [1.29, 1.82) is 0 Å². The zero-order chi connectivity index (χ0) is 15.6. The topological polar surface area (TPSA) is 37.7 Å². The number of hydrogen-bond acceptors (Lipinski definition) is 3. The monoisotopic (exact) mass is 317 g/mol. The van der Waals surface area contributed by atoms with Gasteiger partial charge in [0.25, 0.3) is 0 Å². The second kappa shape index (κ2) is 6.65. The van der Waals surface area contributed by atoms with Crippen molar-refractivity contribution >= 4 is 5.91 Å². The number of aromatic nitrogens is 1. The van der Waals surface area contributed by atoms with Crippen LogP contribution in [0.15, 0.2) is 18.3 Å². The Balaban J connectivity index is 1.37. The third kappa shape index (κ3) is 3.78. The molecule has 2 aliphatic heterocycles. The number of amides is 1. The minimum atomic E-state index is 0.106. The van der Waals surface area contributed by atoms with Gasteiger partial charge in [-0.3, -0.25) is 9.69 Å².